The maximum absolute atomic E-state index is 8.52. The first-order valence-corrected chi connectivity index (χ1v) is 16.2. The minimum absolute atomic E-state index is 0.346. The van der Waals surface area contributed by atoms with E-state index >= 15 is 0 Å². The second-order valence-electron chi connectivity index (χ2n) is 11.3. The summed E-state index contributed by atoms with van der Waals surface area (Å²) in [6.45, 7) is 4.10. The molecule has 0 atom stereocenters. The number of hydrogen-bond acceptors (Lipinski definition) is 1. The molecule has 1 nitrogen and oxygen atoms in total. The molecule has 0 radical (unpaired) electrons. The molecule has 0 saturated heterocycles. The van der Waals surface area contributed by atoms with E-state index in [1.165, 1.54) is 66.4 Å². The summed E-state index contributed by atoms with van der Waals surface area (Å²) >= 11 is 0. The predicted octanol–water partition coefficient (Wildman–Crippen LogP) is 9.52. The Balaban J connectivity index is 1.47. The molecule has 2 aliphatic carbocycles. The van der Waals surface area contributed by atoms with Gasteiger partial charge in [-0.3, -0.25) is 0 Å². The summed E-state index contributed by atoms with van der Waals surface area (Å²) in [4.78, 5) is 0. The van der Waals surface area contributed by atoms with Gasteiger partial charge >= 0.3 is 0 Å². The number of fused-ring (bicyclic) bond motifs is 12. The second kappa shape index (κ2) is 7.92. The Bertz CT molecular complexity index is 1960. The molecule has 6 aromatic carbocycles. The highest BCUT2D eigenvalue weighted by atomic mass is 31.2. The molecule has 39 heavy (non-hydrogen) atoms. The van der Waals surface area contributed by atoms with E-state index in [1.54, 1.807) is 0 Å². The molecular formula is C37H28NP. The Labute approximate surface area is 229 Å². The molecule has 0 unspecified atom stereocenters. The van der Waals surface area contributed by atoms with E-state index in [0.29, 0.717) is 0 Å². The molecule has 2 heteroatoms. The van der Waals surface area contributed by atoms with Crippen molar-refractivity contribution in [1.82, 2.24) is 0 Å². The maximum Gasteiger partial charge on any atom is 0.0731 e. The topological polar surface area (TPSA) is 23.9 Å². The van der Waals surface area contributed by atoms with E-state index in [1.807, 2.05) is 0 Å². The molecule has 0 aliphatic heterocycles. The molecule has 2 aliphatic rings. The van der Waals surface area contributed by atoms with Crippen LogP contribution in [0.3, 0.4) is 0 Å². The number of nitrogens with one attached hydrogen (secondary N) is 1. The monoisotopic (exact) mass is 517 g/mol. The summed E-state index contributed by atoms with van der Waals surface area (Å²) in [5, 5.41) is 12.3. The van der Waals surface area contributed by atoms with E-state index in [4.69, 9.17) is 5.16 Å². The molecule has 0 bridgehead atoms. The van der Waals surface area contributed by atoms with Crippen LogP contribution in [0.2, 0.25) is 0 Å². The fraction of sp³-hybridized carbons (Fsp3) is 0.0811. The van der Waals surface area contributed by atoms with E-state index in [9.17, 15) is 0 Å². The average molecular weight is 518 g/mol. The minimum Gasteiger partial charge on any atom is -0.315 e. The fourth-order valence-electron chi connectivity index (χ4n) is 7.13. The van der Waals surface area contributed by atoms with E-state index < -0.39 is 7.05 Å². The van der Waals surface area contributed by atoms with Gasteiger partial charge in [0.1, 0.15) is 0 Å². The summed E-state index contributed by atoms with van der Waals surface area (Å²) in [6.07, 6.45) is 0. The molecular weight excluding hydrogens is 489 g/mol. The molecule has 1 N–H and O–H groups in total. The Morgan fingerprint density at radius 1 is 0.513 bits per heavy atom. The summed E-state index contributed by atoms with van der Waals surface area (Å²) < 4.78 is 0. The third-order valence-corrected chi connectivity index (χ3v) is 10.4. The zero-order chi connectivity index (χ0) is 26.4. The van der Waals surface area contributed by atoms with Crippen LogP contribution in [0, 0.1) is 5.16 Å². The van der Waals surface area contributed by atoms with Gasteiger partial charge in [-0.25, -0.2) is 0 Å². The first-order chi connectivity index (χ1) is 19.0. The molecule has 0 heterocycles. The van der Waals surface area contributed by atoms with Crippen LogP contribution in [-0.2, 0) is 5.41 Å². The van der Waals surface area contributed by atoms with Crippen LogP contribution in [0.15, 0.2) is 127 Å². The lowest BCUT2D eigenvalue weighted by molar-refractivity contribution is 0.801. The molecule has 0 fully saturated rings. The first kappa shape index (κ1) is 22.8. The van der Waals surface area contributed by atoms with Crippen molar-refractivity contribution in [1.29, 1.82) is 5.16 Å². The van der Waals surface area contributed by atoms with Crippen molar-refractivity contribution in [3.63, 3.8) is 0 Å². The van der Waals surface area contributed by atoms with Gasteiger partial charge in [0.15, 0.2) is 0 Å². The van der Waals surface area contributed by atoms with Gasteiger partial charge in [-0.1, -0.05) is 121 Å². The zero-order valence-electron chi connectivity index (χ0n) is 22.1. The average Bonchev–Trinajstić information content (AvgIpc) is 3.44. The summed E-state index contributed by atoms with van der Waals surface area (Å²) in [5.74, 6) is 0. The largest absolute Gasteiger partial charge is 0.315 e. The van der Waals surface area contributed by atoms with Crippen LogP contribution < -0.4 is 5.30 Å². The van der Waals surface area contributed by atoms with Crippen molar-refractivity contribution in [2.24, 2.45) is 0 Å². The maximum atomic E-state index is 8.52. The van der Waals surface area contributed by atoms with Gasteiger partial charge in [-0.05, 0) is 98.2 Å². The van der Waals surface area contributed by atoms with Crippen molar-refractivity contribution in [2.75, 3.05) is 13.3 Å². The molecule has 6 aromatic rings. The normalized spacial score (nSPS) is 14.2. The molecule has 0 amide bonds. The predicted molar refractivity (Wildman–Crippen MR) is 167 cm³/mol. The van der Waals surface area contributed by atoms with Crippen molar-refractivity contribution >= 4 is 23.1 Å². The molecule has 8 rings (SSSR count). The number of benzene rings is 6. The number of hydrogen-bond donors (Lipinski definition) is 1. The van der Waals surface area contributed by atoms with Crippen molar-refractivity contribution < 1.29 is 0 Å². The SMILES string of the molecule is CP(C)(=N)c1ccc(-c2ccc3c(c2)-c2ccc4ccccc4c2C32c3ccccc3-c3ccccc32)cc1. The summed E-state index contributed by atoms with van der Waals surface area (Å²) in [6, 6.07) is 47.2. The molecule has 0 aromatic heterocycles. The van der Waals surface area contributed by atoms with Crippen molar-refractivity contribution in [2.45, 2.75) is 5.41 Å². The lowest BCUT2D eigenvalue weighted by atomic mass is 9.69. The van der Waals surface area contributed by atoms with Crippen LogP contribution in [0.1, 0.15) is 22.3 Å². The summed E-state index contributed by atoms with van der Waals surface area (Å²) in [5.41, 5.74) is 12.9. The molecule has 186 valence electrons. The van der Waals surface area contributed by atoms with E-state index in [0.717, 1.165) is 5.30 Å². The second-order valence-corrected chi connectivity index (χ2v) is 14.7. The van der Waals surface area contributed by atoms with Gasteiger partial charge in [-0.15, -0.1) is 0 Å². The van der Waals surface area contributed by atoms with Crippen LogP contribution in [0.5, 0.6) is 0 Å². The van der Waals surface area contributed by atoms with Crippen LogP contribution >= 0.6 is 7.05 Å². The van der Waals surface area contributed by atoms with Crippen LogP contribution in [-0.4, -0.2) is 13.3 Å². The number of rotatable bonds is 2. The van der Waals surface area contributed by atoms with Crippen molar-refractivity contribution in [3.8, 4) is 33.4 Å². The highest BCUT2D eigenvalue weighted by Crippen LogP contribution is 2.64. The van der Waals surface area contributed by atoms with E-state index in [2.05, 4.69) is 141 Å². The van der Waals surface area contributed by atoms with Gasteiger partial charge in [-0.2, -0.15) is 0 Å². The fourth-order valence-corrected chi connectivity index (χ4v) is 8.02. The smallest absolute Gasteiger partial charge is 0.0731 e. The zero-order valence-corrected chi connectivity index (χ0v) is 23.0. The van der Waals surface area contributed by atoms with Crippen LogP contribution in [0.4, 0.5) is 0 Å². The highest BCUT2D eigenvalue weighted by Gasteiger charge is 2.52. The van der Waals surface area contributed by atoms with Gasteiger partial charge in [0.2, 0.25) is 0 Å². The Hall–Kier alpha value is -4.19. The van der Waals surface area contributed by atoms with Crippen LogP contribution in [0.25, 0.3) is 44.2 Å². The lowest BCUT2D eigenvalue weighted by Crippen LogP contribution is -2.26. The van der Waals surface area contributed by atoms with Gasteiger partial charge in [0.05, 0.1) is 5.41 Å². The van der Waals surface area contributed by atoms with Gasteiger partial charge in [0, 0.05) is 0 Å². The molecule has 1 spiro atoms. The third kappa shape index (κ3) is 3.00. The third-order valence-electron chi connectivity index (χ3n) is 8.82. The van der Waals surface area contributed by atoms with Gasteiger partial charge < -0.3 is 5.16 Å². The van der Waals surface area contributed by atoms with Gasteiger partial charge in [0.25, 0.3) is 0 Å². The Morgan fingerprint density at radius 3 is 1.79 bits per heavy atom. The highest BCUT2D eigenvalue weighted by molar-refractivity contribution is 7.71. The quantitative estimate of drug-likeness (QED) is 0.221. The Morgan fingerprint density at radius 2 is 1.10 bits per heavy atom. The lowest BCUT2D eigenvalue weighted by Gasteiger charge is -2.31. The molecule has 0 saturated carbocycles. The standard InChI is InChI=1S/C37H28NP/c1-39(2,38)27-19-15-24(16-20-27)26-18-22-35-32(23-26)31-21-17-25-9-3-4-10-28(25)36(31)37(35)33-13-7-5-11-29(33)30-12-6-8-14-34(30)37/h3-23,38H,1-2H3. The summed E-state index contributed by atoms with van der Waals surface area (Å²) in [7, 11) is -1.79. The first-order valence-electron chi connectivity index (χ1n) is 13.5. The minimum atomic E-state index is -1.79. The van der Waals surface area contributed by atoms with E-state index in [-0.39, 0.29) is 5.41 Å². The van der Waals surface area contributed by atoms with Crippen molar-refractivity contribution in [3.05, 3.63) is 150 Å². The Kier molecular flexibility index (Phi) is 4.62.